The summed E-state index contributed by atoms with van der Waals surface area (Å²) in [5, 5.41) is 13.7. The fourth-order valence-electron chi connectivity index (χ4n) is 3.95. The minimum Gasteiger partial charge on any atom is -0.462 e. The van der Waals surface area contributed by atoms with Gasteiger partial charge < -0.3 is 14.5 Å². The van der Waals surface area contributed by atoms with Crippen LogP contribution < -0.4 is 5.32 Å². The summed E-state index contributed by atoms with van der Waals surface area (Å²) < 4.78 is 11.3. The lowest BCUT2D eigenvalue weighted by Gasteiger charge is -2.12. The van der Waals surface area contributed by atoms with Gasteiger partial charge in [0.1, 0.15) is 28.2 Å². The Kier molecular flexibility index (Phi) is 8.52. The van der Waals surface area contributed by atoms with Crippen molar-refractivity contribution in [2.75, 3.05) is 11.9 Å². The predicted octanol–water partition coefficient (Wildman–Crippen LogP) is 7.70. The van der Waals surface area contributed by atoms with Crippen molar-refractivity contribution in [2.45, 2.75) is 45.4 Å². The van der Waals surface area contributed by atoms with Crippen molar-refractivity contribution < 1.29 is 18.7 Å². The van der Waals surface area contributed by atoms with Crippen LogP contribution in [-0.2, 0) is 22.4 Å². The van der Waals surface area contributed by atoms with Gasteiger partial charge in [0.2, 0.25) is 0 Å². The van der Waals surface area contributed by atoms with E-state index in [0.29, 0.717) is 44.3 Å². The van der Waals surface area contributed by atoms with Gasteiger partial charge in [-0.1, -0.05) is 36.5 Å². The summed E-state index contributed by atoms with van der Waals surface area (Å²) in [6.45, 7) is 2.35. The van der Waals surface area contributed by atoms with Gasteiger partial charge in [-0.05, 0) is 68.0 Å². The molecule has 6 nitrogen and oxygen atoms in total. The second-order valence-electron chi connectivity index (χ2n) is 8.36. The minimum atomic E-state index is -0.619. The summed E-state index contributed by atoms with van der Waals surface area (Å²) in [5.41, 5.74) is 1.92. The molecule has 2 aromatic heterocycles. The van der Waals surface area contributed by atoms with Crippen LogP contribution >= 0.6 is 34.5 Å². The first-order valence-electron chi connectivity index (χ1n) is 11.7. The lowest BCUT2D eigenvalue weighted by atomic mass is 9.95. The first-order valence-corrected chi connectivity index (χ1v) is 13.3. The molecule has 1 N–H and O–H groups in total. The molecule has 0 bridgehead atoms. The number of aryl methyl sites for hydroxylation is 1. The summed E-state index contributed by atoms with van der Waals surface area (Å²) in [6, 6.07) is 10.4. The number of thiophene rings is 1. The molecule has 3 aromatic rings. The topological polar surface area (TPSA) is 92.3 Å². The lowest BCUT2D eigenvalue weighted by molar-refractivity contribution is -0.112. The highest BCUT2D eigenvalue weighted by Gasteiger charge is 2.28. The summed E-state index contributed by atoms with van der Waals surface area (Å²) in [4.78, 5) is 27.0. The standard InChI is InChI=1S/C27H24Cl2N2O4S/c1-2-3-12-34-27(33)24-19-6-4-5-7-23(19)36-26(24)31-25(32)17(15-30)13-18-9-11-22(35-18)16-8-10-20(28)21(29)14-16/h8-11,13-14H,2-7,12H2,1H3,(H,31,32). The number of unbranched alkanes of at least 4 members (excludes halogenated alkanes) is 1. The van der Waals surface area contributed by atoms with E-state index in [0.717, 1.165) is 49.0 Å². The molecule has 1 aliphatic carbocycles. The summed E-state index contributed by atoms with van der Waals surface area (Å²) in [6.07, 6.45) is 6.69. The second kappa shape index (κ2) is 11.8. The predicted molar refractivity (Wildman–Crippen MR) is 143 cm³/mol. The molecule has 0 fully saturated rings. The number of hydrogen-bond donors (Lipinski definition) is 1. The third-order valence-electron chi connectivity index (χ3n) is 5.82. The largest absolute Gasteiger partial charge is 0.462 e. The van der Waals surface area contributed by atoms with Crippen molar-refractivity contribution in [3.63, 3.8) is 0 Å². The van der Waals surface area contributed by atoms with Gasteiger partial charge >= 0.3 is 5.97 Å². The molecular weight excluding hydrogens is 519 g/mol. The van der Waals surface area contributed by atoms with E-state index in [-0.39, 0.29) is 5.57 Å². The van der Waals surface area contributed by atoms with Crippen LogP contribution in [0.4, 0.5) is 5.00 Å². The van der Waals surface area contributed by atoms with E-state index in [4.69, 9.17) is 32.4 Å². The van der Waals surface area contributed by atoms with Crippen molar-refractivity contribution in [3.8, 4) is 17.4 Å². The minimum absolute atomic E-state index is 0.151. The maximum atomic E-state index is 13.0. The highest BCUT2D eigenvalue weighted by atomic mass is 35.5. The van der Waals surface area contributed by atoms with Crippen molar-refractivity contribution in [1.82, 2.24) is 0 Å². The zero-order valence-electron chi connectivity index (χ0n) is 19.7. The van der Waals surface area contributed by atoms with Crippen molar-refractivity contribution in [1.29, 1.82) is 5.26 Å². The Morgan fingerprint density at radius 2 is 2.00 bits per heavy atom. The van der Waals surface area contributed by atoms with Crippen LogP contribution in [0.2, 0.25) is 10.0 Å². The fourth-order valence-corrected chi connectivity index (χ4v) is 5.52. The smallest absolute Gasteiger partial charge is 0.341 e. The lowest BCUT2D eigenvalue weighted by Crippen LogP contribution is -2.17. The number of amides is 1. The molecule has 0 saturated heterocycles. The number of halogens is 2. The molecule has 1 aromatic carbocycles. The number of nitriles is 1. The van der Waals surface area contributed by atoms with Crippen molar-refractivity contribution in [2.24, 2.45) is 0 Å². The molecule has 0 aliphatic heterocycles. The Morgan fingerprint density at radius 3 is 2.75 bits per heavy atom. The molecule has 0 unspecified atom stereocenters. The number of nitrogens with zero attached hydrogens (tertiary/aromatic N) is 1. The molecule has 0 atom stereocenters. The van der Waals surface area contributed by atoms with Gasteiger partial charge in [-0.2, -0.15) is 5.26 Å². The molecule has 186 valence electrons. The first-order chi connectivity index (χ1) is 17.4. The number of fused-ring (bicyclic) bond motifs is 1. The van der Waals surface area contributed by atoms with Gasteiger partial charge in [0, 0.05) is 16.5 Å². The average molecular weight is 543 g/mol. The van der Waals surface area contributed by atoms with E-state index in [1.807, 2.05) is 13.0 Å². The highest BCUT2D eigenvalue weighted by Crippen LogP contribution is 2.39. The molecular formula is C27H24Cl2N2O4S. The molecule has 0 saturated carbocycles. The Balaban J connectivity index is 1.57. The molecule has 1 amide bonds. The zero-order chi connectivity index (χ0) is 25.7. The molecule has 1 aliphatic rings. The van der Waals surface area contributed by atoms with Gasteiger partial charge in [-0.3, -0.25) is 4.79 Å². The fraction of sp³-hybridized carbons (Fsp3) is 0.296. The normalized spacial score (nSPS) is 13.1. The van der Waals surface area contributed by atoms with Crippen LogP contribution in [0.1, 0.15) is 59.2 Å². The molecule has 0 spiro atoms. The number of furan rings is 1. The summed E-state index contributed by atoms with van der Waals surface area (Å²) >= 11 is 13.4. The Labute approximate surface area is 223 Å². The molecule has 4 rings (SSSR count). The van der Waals surface area contributed by atoms with E-state index < -0.39 is 11.9 Å². The number of anilines is 1. The monoisotopic (exact) mass is 542 g/mol. The van der Waals surface area contributed by atoms with Crippen molar-refractivity contribution in [3.05, 3.63) is 67.7 Å². The Morgan fingerprint density at radius 1 is 1.19 bits per heavy atom. The zero-order valence-corrected chi connectivity index (χ0v) is 22.0. The maximum Gasteiger partial charge on any atom is 0.341 e. The molecule has 0 radical (unpaired) electrons. The summed E-state index contributed by atoms with van der Waals surface area (Å²) in [5.74, 6) is -0.211. The van der Waals surface area contributed by atoms with E-state index in [2.05, 4.69) is 5.32 Å². The van der Waals surface area contributed by atoms with Crippen LogP contribution in [0, 0.1) is 11.3 Å². The number of nitrogens with one attached hydrogen (secondary N) is 1. The van der Waals surface area contributed by atoms with Gasteiger partial charge in [0.15, 0.2) is 0 Å². The number of esters is 1. The first kappa shape index (κ1) is 26.0. The van der Waals surface area contributed by atoms with Crippen LogP contribution in [0.25, 0.3) is 17.4 Å². The number of benzene rings is 1. The SMILES string of the molecule is CCCCOC(=O)c1c(NC(=O)C(C#N)=Cc2ccc(-c3ccc(Cl)c(Cl)c3)o2)sc2c1CCCC2. The summed E-state index contributed by atoms with van der Waals surface area (Å²) in [7, 11) is 0. The van der Waals surface area contributed by atoms with Gasteiger partial charge in [-0.15, -0.1) is 11.3 Å². The van der Waals surface area contributed by atoms with Gasteiger partial charge in [0.05, 0.1) is 22.2 Å². The number of rotatable bonds is 8. The second-order valence-corrected chi connectivity index (χ2v) is 10.3. The average Bonchev–Trinajstić information content (AvgIpc) is 3.48. The van der Waals surface area contributed by atoms with Crippen LogP contribution in [0.5, 0.6) is 0 Å². The third kappa shape index (κ3) is 5.84. The highest BCUT2D eigenvalue weighted by molar-refractivity contribution is 7.17. The van der Waals surface area contributed by atoms with Crippen LogP contribution in [0.3, 0.4) is 0 Å². The van der Waals surface area contributed by atoms with E-state index >= 15 is 0 Å². The quantitative estimate of drug-likeness (QED) is 0.136. The van der Waals surface area contributed by atoms with E-state index in [1.54, 1.807) is 30.3 Å². The number of carbonyl (C=O) groups excluding carboxylic acids is 2. The number of hydrogen-bond acceptors (Lipinski definition) is 6. The van der Waals surface area contributed by atoms with Gasteiger partial charge in [-0.25, -0.2) is 4.79 Å². The van der Waals surface area contributed by atoms with Gasteiger partial charge in [0.25, 0.3) is 5.91 Å². The van der Waals surface area contributed by atoms with E-state index in [1.165, 1.54) is 17.4 Å². The number of ether oxygens (including phenoxy) is 1. The maximum absolute atomic E-state index is 13.0. The van der Waals surface area contributed by atoms with Crippen LogP contribution in [0.15, 0.2) is 40.3 Å². The van der Waals surface area contributed by atoms with E-state index in [9.17, 15) is 14.9 Å². The Bertz CT molecular complexity index is 1370. The molecule has 9 heteroatoms. The van der Waals surface area contributed by atoms with Crippen molar-refractivity contribution >= 4 is 57.5 Å². The molecule has 36 heavy (non-hydrogen) atoms. The van der Waals surface area contributed by atoms with Crippen LogP contribution in [-0.4, -0.2) is 18.5 Å². The Hall–Kier alpha value is -3.05. The molecule has 2 heterocycles. The number of carbonyl (C=O) groups is 2. The third-order valence-corrected chi connectivity index (χ3v) is 7.76.